The molecule has 0 fully saturated rings. The van der Waals surface area contributed by atoms with Crippen molar-refractivity contribution in [2.24, 2.45) is 0 Å². The SMILES string of the molecule is [2H]c1c([2H])c([2H])c2c(c1[2H])Sc1ccccc1N2C([2H])([2H])C([2H])(N(C([2H])([2H])[2H])C([2H])([2H])[2H])C([2H])([2H])[2H]. The maximum atomic E-state index is 8.92. The van der Waals surface area contributed by atoms with Gasteiger partial charge in [0.2, 0.25) is 0 Å². The van der Waals surface area contributed by atoms with Crippen LogP contribution >= 0.6 is 11.8 Å². The molecule has 104 valence electrons. The van der Waals surface area contributed by atoms with Gasteiger partial charge < -0.3 is 9.80 Å². The molecule has 20 heavy (non-hydrogen) atoms. The summed E-state index contributed by atoms with van der Waals surface area (Å²) in [5, 5.41) is 0. The van der Waals surface area contributed by atoms with Crippen molar-refractivity contribution in [3.63, 3.8) is 0 Å². The molecule has 0 saturated carbocycles. The zero-order chi connectivity index (χ0) is 27.8. The molecule has 0 saturated heterocycles. The van der Waals surface area contributed by atoms with Crippen molar-refractivity contribution < 1.29 is 21.9 Å². The second kappa shape index (κ2) is 5.51. The Balaban J connectivity index is 2.51. The number of hydrogen-bond donors (Lipinski definition) is 0. The van der Waals surface area contributed by atoms with Gasteiger partial charge in [0, 0.05) is 36.0 Å². The average Bonchev–Trinajstić information content (AvgIpc) is 2.71. The lowest BCUT2D eigenvalue weighted by Gasteiger charge is -2.36. The topological polar surface area (TPSA) is 6.48 Å². The molecular formula is C17H20N2S. The summed E-state index contributed by atoms with van der Waals surface area (Å²) in [4.78, 5) is -0.155. The van der Waals surface area contributed by atoms with Gasteiger partial charge in [0.05, 0.1) is 19.6 Å². The molecule has 2 aromatic carbocycles. The fourth-order valence-corrected chi connectivity index (χ4v) is 2.73. The molecule has 0 N–H and O–H groups in total. The minimum atomic E-state index is -4.00. The van der Waals surface area contributed by atoms with E-state index in [1.807, 2.05) is 0 Å². The molecule has 0 bridgehead atoms. The van der Waals surface area contributed by atoms with Crippen LogP contribution in [0.4, 0.5) is 11.4 Å². The molecule has 1 aliphatic heterocycles. The highest BCUT2D eigenvalue weighted by Gasteiger charge is 2.24. The van der Waals surface area contributed by atoms with E-state index >= 15 is 0 Å². The predicted molar refractivity (Wildman–Crippen MR) is 87.2 cm³/mol. The van der Waals surface area contributed by atoms with Gasteiger partial charge >= 0.3 is 0 Å². The zero-order valence-electron chi connectivity index (χ0n) is 26.1. The normalized spacial score (nSPS) is 30.8. The third-order valence-corrected chi connectivity index (χ3v) is 3.68. The highest BCUT2D eigenvalue weighted by atomic mass is 32.2. The van der Waals surface area contributed by atoms with E-state index in [0.29, 0.717) is 4.90 Å². The van der Waals surface area contributed by atoms with E-state index in [0.717, 1.165) is 11.8 Å². The van der Waals surface area contributed by atoms with Crippen molar-refractivity contribution in [1.82, 2.24) is 4.90 Å². The van der Waals surface area contributed by atoms with Crippen LogP contribution in [0.2, 0.25) is 0 Å². The molecule has 2 nitrogen and oxygen atoms in total. The molecule has 1 aliphatic rings. The Morgan fingerprint density at radius 3 is 3.00 bits per heavy atom. The van der Waals surface area contributed by atoms with Crippen molar-refractivity contribution >= 4 is 23.1 Å². The van der Waals surface area contributed by atoms with Crippen molar-refractivity contribution in [3.8, 4) is 0 Å². The van der Waals surface area contributed by atoms with Crippen LogP contribution in [0, 0.1) is 0 Å². The molecule has 0 aromatic heterocycles. The van der Waals surface area contributed by atoms with E-state index in [1.165, 1.54) is 24.3 Å². The first kappa shape index (κ1) is 4.28. The monoisotopic (exact) mass is 300 g/mol. The van der Waals surface area contributed by atoms with Crippen LogP contribution in [0.3, 0.4) is 0 Å². The molecule has 1 unspecified atom stereocenters. The molecular weight excluding hydrogens is 264 g/mol. The van der Waals surface area contributed by atoms with E-state index in [1.54, 1.807) is 0 Å². The van der Waals surface area contributed by atoms with E-state index in [-0.39, 0.29) is 15.5 Å². The van der Waals surface area contributed by atoms with Crippen LogP contribution in [-0.2, 0) is 0 Å². The number of fused-ring (bicyclic) bond motifs is 2. The Bertz CT molecular complexity index is 1170. The minimum absolute atomic E-state index is 0.137. The van der Waals surface area contributed by atoms with Gasteiger partial charge in [-0.25, -0.2) is 0 Å². The van der Waals surface area contributed by atoms with Crippen LogP contribution in [0.25, 0.3) is 0 Å². The Morgan fingerprint density at radius 2 is 2.15 bits per heavy atom. The lowest BCUT2D eigenvalue weighted by molar-refractivity contribution is 0.319. The largest absolute Gasteiger partial charge is 0.338 e. The van der Waals surface area contributed by atoms with Gasteiger partial charge in [0.15, 0.2) is 0 Å². The Kier molecular flexibility index (Phi) is 1.18. The summed E-state index contributed by atoms with van der Waals surface area (Å²) in [6, 6.07) is -1.08. The summed E-state index contributed by atoms with van der Waals surface area (Å²) in [7, 11) is 0. The van der Waals surface area contributed by atoms with Gasteiger partial charge in [-0.1, -0.05) is 36.0 Å². The minimum Gasteiger partial charge on any atom is -0.338 e. The summed E-state index contributed by atoms with van der Waals surface area (Å²) < 4.78 is 130. The highest BCUT2D eigenvalue weighted by molar-refractivity contribution is 7.99. The fourth-order valence-electron chi connectivity index (χ4n) is 1.76. The number of anilines is 2. The van der Waals surface area contributed by atoms with Gasteiger partial charge in [0.1, 0.15) is 0 Å². The van der Waals surface area contributed by atoms with E-state index < -0.39 is 68.1 Å². The fraction of sp³-hybridized carbons (Fsp3) is 0.294. The first-order chi connectivity index (χ1) is 16.1. The number of hydrogen-bond acceptors (Lipinski definition) is 3. The van der Waals surface area contributed by atoms with Crippen LogP contribution in [0.15, 0.2) is 58.2 Å². The maximum absolute atomic E-state index is 8.92. The smallest absolute Gasteiger partial charge is 0.0645 e. The summed E-state index contributed by atoms with van der Waals surface area (Å²) in [5.74, 6) is 0. The standard InChI is InChI=1S/C17H20N2S/c1-13(18(2)3)12-19-14-8-4-6-10-16(14)20-17-11-7-5-9-15(17)19/h4-11,13H,12H2,1-3H3/i1D3,2D3,3D3,4D,6D,8D,10D,12D2,13D. The van der Waals surface area contributed by atoms with Gasteiger partial charge in [-0.05, 0) is 45.0 Å². The molecule has 2 aromatic rings. The van der Waals surface area contributed by atoms with Crippen molar-refractivity contribution in [1.29, 1.82) is 0 Å². The van der Waals surface area contributed by atoms with E-state index in [9.17, 15) is 0 Å². The second-order valence-corrected chi connectivity index (χ2v) is 4.93. The maximum Gasteiger partial charge on any atom is 0.0645 e. The van der Waals surface area contributed by atoms with Gasteiger partial charge in [-0.2, -0.15) is 0 Å². The summed E-state index contributed by atoms with van der Waals surface area (Å²) in [6.07, 6.45) is 0. The Hall–Kier alpha value is -1.45. The lowest BCUT2D eigenvalue weighted by Crippen LogP contribution is -2.37. The first-order valence-electron chi connectivity index (χ1n) is 13.6. The molecule has 0 aliphatic carbocycles. The van der Waals surface area contributed by atoms with Crippen molar-refractivity contribution in [2.75, 3.05) is 25.3 Å². The third kappa shape index (κ3) is 2.43. The lowest BCUT2D eigenvalue weighted by atomic mass is 10.2. The van der Waals surface area contributed by atoms with Crippen LogP contribution in [-0.4, -0.2) is 31.4 Å². The molecule has 3 heteroatoms. The Labute approximate surface area is 147 Å². The van der Waals surface area contributed by atoms with Gasteiger partial charge in [-0.3, -0.25) is 0 Å². The van der Waals surface area contributed by atoms with Gasteiger partial charge in [-0.15, -0.1) is 0 Å². The third-order valence-electron chi connectivity index (χ3n) is 2.62. The van der Waals surface area contributed by atoms with Crippen LogP contribution < -0.4 is 4.90 Å². The van der Waals surface area contributed by atoms with Crippen molar-refractivity contribution in [3.05, 3.63) is 48.4 Å². The molecule has 0 amide bonds. The van der Waals surface area contributed by atoms with Crippen molar-refractivity contribution in [2.45, 2.75) is 22.7 Å². The first-order valence-corrected chi connectivity index (χ1v) is 6.39. The molecule has 1 atom stereocenters. The molecule has 0 radical (unpaired) electrons. The van der Waals surface area contributed by atoms with Crippen LogP contribution in [0.5, 0.6) is 0 Å². The second-order valence-electron chi connectivity index (χ2n) is 3.88. The van der Waals surface area contributed by atoms with E-state index in [2.05, 4.69) is 0 Å². The summed E-state index contributed by atoms with van der Waals surface area (Å²) >= 11 is 0.847. The number of nitrogens with zero attached hydrogens (tertiary/aromatic N) is 2. The Morgan fingerprint density at radius 1 is 1.30 bits per heavy atom. The van der Waals surface area contributed by atoms with Crippen LogP contribution in [0.1, 0.15) is 28.8 Å². The van der Waals surface area contributed by atoms with E-state index in [4.69, 9.17) is 21.9 Å². The summed E-state index contributed by atoms with van der Waals surface area (Å²) in [5.41, 5.74) is -0.687. The van der Waals surface area contributed by atoms with Gasteiger partial charge in [0.25, 0.3) is 0 Å². The number of benzene rings is 2. The summed E-state index contributed by atoms with van der Waals surface area (Å²) in [6.45, 7) is -15.2. The number of rotatable bonds is 3. The number of likely N-dealkylation sites (N-methyl/N-ethyl adjacent to an activating group) is 1. The zero-order valence-corrected chi connectivity index (χ0v) is 10.9. The molecule has 3 rings (SSSR count). The average molecular weight is 301 g/mol. The quantitative estimate of drug-likeness (QED) is 0.837. The predicted octanol–water partition coefficient (Wildman–Crippen LogP) is 4.24. The number of para-hydroxylation sites is 2. The molecule has 0 spiro atoms. The highest BCUT2D eigenvalue weighted by Crippen LogP contribution is 2.47. The molecule has 1 heterocycles.